The normalized spacial score (nSPS) is 37.6. The molecule has 3 unspecified atom stereocenters. The van der Waals surface area contributed by atoms with Gasteiger partial charge in [0.05, 0.1) is 32.5 Å². The van der Waals surface area contributed by atoms with Crippen LogP contribution in [0, 0.1) is 23.2 Å². The van der Waals surface area contributed by atoms with Crippen molar-refractivity contribution in [2.45, 2.75) is 32.0 Å². The van der Waals surface area contributed by atoms with Crippen LogP contribution < -0.4 is 0 Å². The first-order valence-corrected chi connectivity index (χ1v) is 10.2. The van der Waals surface area contributed by atoms with Crippen LogP contribution in [0.1, 0.15) is 24.8 Å². The van der Waals surface area contributed by atoms with Gasteiger partial charge >= 0.3 is 0 Å². The molecule has 146 valence electrons. The second-order valence-electron chi connectivity index (χ2n) is 8.61. The lowest BCUT2D eigenvalue weighted by Gasteiger charge is -2.50. The Bertz CT molecular complexity index is 674. The first kappa shape index (κ1) is 17.6. The van der Waals surface area contributed by atoms with E-state index in [9.17, 15) is 4.79 Å². The molecule has 5 rings (SSSR count). The number of nitrogens with zero attached hydrogens (tertiary/aromatic N) is 2. The average molecular weight is 372 g/mol. The van der Waals surface area contributed by atoms with E-state index in [0.717, 1.165) is 57.7 Å². The van der Waals surface area contributed by atoms with Crippen LogP contribution in [-0.2, 0) is 25.6 Å². The number of fused-ring (bicyclic) bond motifs is 2. The van der Waals surface area contributed by atoms with Gasteiger partial charge in [0.1, 0.15) is 0 Å². The van der Waals surface area contributed by atoms with Crippen molar-refractivity contribution in [3.05, 3.63) is 30.1 Å². The van der Waals surface area contributed by atoms with Crippen molar-refractivity contribution in [2.75, 3.05) is 39.5 Å². The minimum atomic E-state index is -0.0698. The molecule has 1 saturated carbocycles. The molecule has 5 atom stereocenters. The maximum atomic E-state index is 13.1. The fraction of sp³-hybridized carbons (Fsp3) is 0.714. The Morgan fingerprint density at radius 2 is 2.11 bits per heavy atom. The fourth-order valence-electron chi connectivity index (χ4n) is 5.36. The van der Waals surface area contributed by atoms with Gasteiger partial charge in [0, 0.05) is 43.4 Å². The molecule has 1 amide bonds. The minimum absolute atomic E-state index is 0.0698. The first-order chi connectivity index (χ1) is 13.3. The standard InChI is InChI=1S/C21H28N2O4/c24-20(19-16-11-25-12-17(16)19)23-8-4-18-21(13-23,5-1-9-27-18)14-26-10-15-2-6-22-7-3-15/h2-3,6-7,16-19H,1,4-5,8-14H2/t16-,17+,18?,19?,21?. The summed E-state index contributed by atoms with van der Waals surface area (Å²) >= 11 is 0. The summed E-state index contributed by atoms with van der Waals surface area (Å²) in [6, 6.07) is 3.97. The van der Waals surface area contributed by atoms with Crippen molar-refractivity contribution in [3.63, 3.8) is 0 Å². The zero-order valence-corrected chi connectivity index (χ0v) is 15.7. The second kappa shape index (κ2) is 7.15. The summed E-state index contributed by atoms with van der Waals surface area (Å²) in [6.45, 7) is 5.16. The van der Waals surface area contributed by atoms with E-state index in [1.54, 1.807) is 12.4 Å². The quantitative estimate of drug-likeness (QED) is 0.790. The summed E-state index contributed by atoms with van der Waals surface area (Å²) in [4.78, 5) is 19.2. The van der Waals surface area contributed by atoms with E-state index in [2.05, 4.69) is 9.88 Å². The number of rotatable bonds is 5. The number of likely N-dealkylation sites (tertiary alicyclic amines) is 1. The topological polar surface area (TPSA) is 60.9 Å². The van der Waals surface area contributed by atoms with Crippen molar-refractivity contribution in [3.8, 4) is 0 Å². The lowest BCUT2D eigenvalue weighted by Crippen LogP contribution is -2.58. The molecule has 4 heterocycles. The maximum absolute atomic E-state index is 13.1. The van der Waals surface area contributed by atoms with E-state index in [1.165, 1.54) is 0 Å². The van der Waals surface area contributed by atoms with E-state index in [0.29, 0.717) is 31.0 Å². The largest absolute Gasteiger partial charge is 0.381 e. The van der Waals surface area contributed by atoms with Crippen molar-refractivity contribution < 1.29 is 19.0 Å². The van der Waals surface area contributed by atoms with Gasteiger partial charge in [-0.25, -0.2) is 0 Å². The number of carbonyl (C=O) groups excluding carboxylic acids is 1. The highest BCUT2D eigenvalue weighted by molar-refractivity contribution is 5.82. The molecular formula is C21H28N2O4. The highest BCUT2D eigenvalue weighted by atomic mass is 16.5. The van der Waals surface area contributed by atoms with Gasteiger partial charge < -0.3 is 19.1 Å². The predicted molar refractivity (Wildman–Crippen MR) is 97.8 cm³/mol. The number of ether oxygens (including phenoxy) is 3. The van der Waals surface area contributed by atoms with Gasteiger partial charge in [0.25, 0.3) is 0 Å². The van der Waals surface area contributed by atoms with E-state index in [4.69, 9.17) is 14.2 Å². The Morgan fingerprint density at radius 1 is 1.30 bits per heavy atom. The molecule has 3 saturated heterocycles. The summed E-state index contributed by atoms with van der Waals surface area (Å²) in [6.07, 6.45) is 6.82. The Hall–Kier alpha value is -1.50. The minimum Gasteiger partial charge on any atom is -0.381 e. The Kier molecular flexibility index (Phi) is 4.66. The molecule has 1 aromatic heterocycles. The molecule has 6 heteroatoms. The number of hydrogen-bond acceptors (Lipinski definition) is 5. The maximum Gasteiger partial charge on any atom is 0.226 e. The zero-order chi connectivity index (χ0) is 18.3. The molecule has 6 nitrogen and oxygen atoms in total. The van der Waals surface area contributed by atoms with Gasteiger partial charge in [-0.05, 0) is 48.8 Å². The molecule has 0 radical (unpaired) electrons. The third-order valence-corrected chi connectivity index (χ3v) is 6.94. The second-order valence-corrected chi connectivity index (χ2v) is 8.61. The SMILES string of the molecule is O=C(C1[C@H]2COC[C@@H]12)N1CCC2OCCCC2(COCc2ccncc2)C1. The number of piperidine rings is 1. The van der Waals surface area contributed by atoms with Gasteiger partial charge in [-0.1, -0.05) is 0 Å². The molecule has 1 aromatic rings. The number of carbonyl (C=O) groups is 1. The molecule has 0 aromatic carbocycles. The summed E-state index contributed by atoms with van der Waals surface area (Å²) in [5.41, 5.74) is 1.06. The van der Waals surface area contributed by atoms with E-state index < -0.39 is 0 Å². The fourth-order valence-corrected chi connectivity index (χ4v) is 5.36. The van der Waals surface area contributed by atoms with Gasteiger partial charge in [0.2, 0.25) is 5.91 Å². The summed E-state index contributed by atoms with van der Waals surface area (Å²) in [5.74, 6) is 1.48. The van der Waals surface area contributed by atoms with Crippen molar-refractivity contribution in [1.82, 2.24) is 9.88 Å². The summed E-state index contributed by atoms with van der Waals surface area (Å²) < 4.78 is 17.7. The van der Waals surface area contributed by atoms with Crippen LogP contribution >= 0.6 is 0 Å². The molecular weight excluding hydrogens is 344 g/mol. The lowest BCUT2D eigenvalue weighted by atomic mass is 9.73. The molecule has 4 aliphatic rings. The van der Waals surface area contributed by atoms with Crippen LogP contribution in [0.2, 0.25) is 0 Å². The van der Waals surface area contributed by atoms with Gasteiger partial charge in [-0.3, -0.25) is 9.78 Å². The monoisotopic (exact) mass is 372 g/mol. The Labute approximate surface area is 160 Å². The summed E-state index contributed by atoms with van der Waals surface area (Å²) in [5, 5.41) is 0. The Morgan fingerprint density at radius 3 is 2.93 bits per heavy atom. The van der Waals surface area contributed by atoms with Crippen molar-refractivity contribution >= 4 is 5.91 Å². The smallest absolute Gasteiger partial charge is 0.226 e. The van der Waals surface area contributed by atoms with E-state index in [1.807, 2.05) is 12.1 Å². The number of aromatic nitrogens is 1. The molecule has 0 spiro atoms. The van der Waals surface area contributed by atoms with Crippen LogP contribution in [0.15, 0.2) is 24.5 Å². The molecule has 0 bridgehead atoms. The van der Waals surface area contributed by atoms with Gasteiger partial charge in [-0.15, -0.1) is 0 Å². The summed E-state index contributed by atoms with van der Waals surface area (Å²) in [7, 11) is 0. The van der Waals surface area contributed by atoms with E-state index in [-0.39, 0.29) is 17.4 Å². The molecule has 4 fully saturated rings. The third kappa shape index (κ3) is 3.28. The van der Waals surface area contributed by atoms with Crippen LogP contribution in [0.3, 0.4) is 0 Å². The average Bonchev–Trinajstić information content (AvgIpc) is 3.18. The van der Waals surface area contributed by atoms with Crippen LogP contribution in [0.4, 0.5) is 0 Å². The van der Waals surface area contributed by atoms with Crippen molar-refractivity contribution in [1.29, 1.82) is 0 Å². The number of amides is 1. The third-order valence-electron chi connectivity index (χ3n) is 6.94. The highest BCUT2D eigenvalue weighted by Gasteiger charge is 2.60. The van der Waals surface area contributed by atoms with E-state index >= 15 is 0 Å². The van der Waals surface area contributed by atoms with Crippen LogP contribution in [0.25, 0.3) is 0 Å². The highest BCUT2D eigenvalue weighted by Crippen LogP contribution is 2.52. The van der Waals surface area contributed by atoms with Crippen LogP contribution in [0.5, 0.6) is 0 Å². The van der Waals surface area contributed by atoms with Crippen LogP contribution in [-0.4, -0.2) is 61.4 Å². The molecule has 3 aliphatic heterocycles. The van der Waals surface area contributed by atoms with Crippen molar-refractivity contribution in [2.24, 2.45) is 23.2 Å². The molecule has 27 heavy (non-hydrogen) atoms. The molecule has 1 aliphatic carbocycles. The van der Waals surface area contributed by atoms with Gasteiger partial charge in [0.15, 0.2) is 0 Å². The Balaban J connectivity index is 1.25. The first-order valence-electron chi connectivity index (χ1n) is 10.2. The number of pyridine rings is 1. The zero-order valence-electron chi connectivity index (χ0n) is 15.7. The lowest BCUT2D eigenvalue weighted by molar-refractivity contribution is -0.167. The predicted octanol–water partition coefficient (Wildman–Crippen LogP) is 1.89. The number of hydrogen-bond donors (Lipinski definition) is 0. The van der Waals surface area contributed by atoms with Gasteiger partial charge in [-0.2, -0.15) is 0 Å². The molecule has 0 N–H and O–H groups in total.